The summed E-state index contributed by atoms with van der Waals surface area (Å²) < 4.78 is 5.78. The summed E-state index contributed by atoms with van der Waals surface area (Å²) in [6.45, 7) is -0.698. The van der Waals surface area contributed by atoms with Crippen molar-refractivity contribution in [3.63, 3.8) is 0 Å². The number of benzene rings is 2. The Morgan fingerprint density at radius 2 is 1.93 bits per heavy atom. The van der Waals surface area contributed by atoms with E-state index in [1.54, 1.807) is 36.4 Å². The van der Waals surface area contributed by atoms with E-state index in [2.05, 4.69) is 0 Å². The van der Waals surface area contributed by atoms with Crippen LogP contribution in [0.4, 0.5) is 11.4 Å². The zero-order chi connectivity index (χ0) is 20.1. The Bertz CT molecular complexity index is 1090. The van der Waals surface area contributed by atoms with Gasteiger partial charge in [-0.25, -0.2) is 4.79 Å². The Morgan fingerprint density at radius 3 is 2.61 bits per heavy atom. The fraction of sp³-hybridized carbons (Fsp3) is 0.105. The molecule has 0 N–H and O–H groups in total. The van der Waals surface area contributed by atoms with Crippen molar-refractivity contribution in [3.05, 3.63) is 69.6 Å². The number of para-hydroxylation sites is 1. The number of nitriles is 1. The van der Waals surface area contributed by atoms with Gasteiger partial charge in [-0.15, -0.1) is 11.3 Å². The average molecular weight is 395 g/mol. The molecule has 1 amide bonds. The maximum Gasteiger partial charge on any atom is 0.348 e. The van der Waals surface area contributed by atoms with Crippen molar-refractivity contribution in [2.75, 3.05) is 18.1 Å². The van der Waals surface area contributed by atoms with E-state index < -0.39 is 23.4 Å². The number of amides is 1. The average Bonchev–Trinajstić information content (AvgIpc) is 3.14. The molecule has 9 heteroatoms. The minimum Gasteiger partial charge on any atom is -0.451 e. The lowest BCUT2D eigenvalue weighted by Gasteiger charge is -2.19. The van der Waals surface area contributed by atoms with Gasteiger partial charge in [-0.1, -0.05) is 18.2 Å². The lowest BCUT2D eigenvalue weighted by molar-refractivity contribution is -0.384. The molecule has 0 fully saturated rings. The van der Waals surface area contributed by atoms with Crippen LogP contribution in [0.15, 0.2) is 54.6 Å². The molecular weight excluding hydrogens is 382 g/mol. The number of carbonyl (C=O) groups excluding carboxylic acids is 2. The molecule has 0 unspecified atom stereocenters. The van der Waals surface area contributed by atoms with E-state index in [9.17, 15) is 19.7 Å². The molecule has 0 aliphatic carbocycles. The van der Waals surface area contributed by atoms with E-state index in [0.717, 1.165) is 11.3 Å². The maximum absolute atomic E-state index is 12.4. The van der Waals surface area contributed by atoms with Gasteiger partial charge in [0.05, 0.1) is 11.0 Å². The Labute approximate surface area is 163 Å². The van der Waals surface area contributed by atoms with Crippen LogP contribution in [0.5, 0.6) is 0 Å². The van der Waals surface area contributed by atoms with Crippen LogP contribution in [0.25, 0.3) is 10.1 Å². The van der Waals surface area contributed by atoms with E-state index >= 15 is 0 Å². The van der Waals surface area contributed by atoms with Crippen LogP contribution >= 0.6 is 11.3 Å². The van der Waals surface area contributed by atoms with Crippen LogP contribution in [-0.4, -0.2) is 30.0 Å². The number of rotatable bonds is 6. The molecule has 0 aliphatic heterocycles. The molecule has 3 rings (SSSR count). The molecule has 0 atom stereocenters. The zero-order valence-electron chi connectivity index (χ0n) is 14.4. The minimum atomic E-state index is -0.706. The van der Waals surface area contributed by atoms with Crippen molar-refractivity contribution >= 4 is 44.7 Å². The number of hydrogen-bond donors (Lipinski definition) is 0. The molecule has 0 aliphatic rings. The maximum atomic E-state index is 12.4. The highest BCUT2D eigenvalue weighted by Gasteiger charge is 2.19. The highest BCUT2D eigenvalue weighted by atomic mass is 32.1. The number of non-ortho nitro benzene ring substituents is 1. The van der Waals surface area contributed by atoms with Gasteiger partial charge in [0.2, 0.25) is 0 Å². The van der Waals surface area contributed by atoms with Gasteiger partial charge in [-0.2, -0.15) is 5.26 Å². The largest absolute Gasteiger partial charge is 0.451 e. The first kappa shape index (κ1) is 19.0. The number of anilines is 1. The van der Waals surface area contributed by atoms with Crippen molar-refractivity contribution in [3.8, 4) is 6.07 Å². The van der Waals surface area contributed by atoms with Crippen LogP contribution in [0.1, 0.15) is 9.67 Å². The number of hydrogen-bond acceptors (Lipinski definition) is 7. The normalized spacial score (nSPS) is 10.2. The Hall–Kier alpha value is -3.77. The highest BCUT2D eigenvalue weighted by molar-refractivity contribution is 7.20. The van der Waals surface area contributed by atoms with Crippen LogP contribution in [0.3, 0.4) is 0 Å². The van der Waals surface area contributed by atoms with Gasteiger partial charge in [0, 0.05) is 27.9 Å². The van der Waals surface area contributed by atoms with Gasteiger partial charge < -0.3 is 4.74 Å². The summed E-state index contributed by atoms with van der Waals surface area (Å²) in [4.78, 5) is 36.5. The first-order valence-corrected chi connectivity index (χ1v) is 8.88. The Kier molecular flexibility index (Phi) is 5.62. The third-order valence-corrected chi connectivity index (χ3v) is 4.93. The number of nitrogens with zero attached hydrogens (tertiary/aromatic N) is 3. The summed E-state index contributed by atoms with van der Waals surface area (Å²) in [7, 11) is 0. The summed E-state index contributed by atoms with van der Waals surface area (Å²) in [5, 5.41) is 20.3. The van der Waals surface area contributed by atoms with Crippen molar-refractivity contribution in [1.29, 1.82) is 5.26 Å². The second-order valence-electron chi connectivity index (χ2n) is 5.64. The quantitative estimate of drug-likeness (QED) is 0.273. The summed E-state index contributed by atoms with van der Waals surface area (Å²) in [6, 6.07) is 16.3. The molecule has 3 aromatic rings. The van der Waals surface area contributed by atoms with E-state index in [1.807, 2.05) is 6.07 Å². The molecule has 0 saturated carbocycles. The lowest BCUT2D eigenvalue weighted by atomic mass is 10.2. The van der Waals surface area contributed by atoms with E-state index in [-0.39, 0.29) is 17.1 Å². The number of thiophene rings is 1. The van der Waals surface area contributed by atoms with Crippen LogP contribution in [0, 0.1) is 21.4 Å². The van der Waals surface area contributed by atoms with Gasteiger partial charge in [-0.05, 0) is 24.3 Å². The van der Waals surface area contributed by atoms with E-state index in [1.165, 1.54) is 23.1 Å². The van der Waals surface area contributed by atoms with Crippen LogP contribution in [0.2, 0.25) is 0 Å². The fourth-order valence-corrected chi connectivity index (χ4v) is 3.46. The number of ether oxygens (including phenoxy) is 1. The van der Waals surface area contributed by atoms with Gasteiger partial charge in [-0.3, -0.25) is 19.8 Å². The third-order valence-electron chi connectivity index (χ3n) is 3.84. The molecule has 8 nitrogen and oxygen atoms in total. The molecule has 140 valence electrons. The number of nitro groups is 1. The topological polar surface area (TPSA) is 114 Å². The highest BCUT2D eigenvalue weighted by Crippen LogP contribution is 2.29. The molecular formula is C19H13N3O5S. The van der Waals surface area contributed by atoms with Crippen molar-refractivity contribution in [2.24, 2.45) is 0 Å². The summed E-state index contributed by atoms with van der Waals surface area (Å²) >= 11 is 1.12. The molecule has 2 aromatic carbocycles. The summed E-state index contributed by atoms with van der Waals surface area (Å²) in [5.74, 6) is -1.24. The SMILES string of the molecule is N#CCN(C(=O)COC(=O)c1cc2cc([N+](=O)[O-])ccc2s1)c1ccccc1. The van der Waals surface area contributed by atoms with Crippen molar-refractivity contribution in [1.82, 2.24) is 0 Å². The Balaban J connectivity index is 1.70. The second-order valence-corrected chi connectivity index (χ2v) is 6.72. The molecule has 1 aromatic heterocycles. The molecule has 1 heterocycles. The van der Waals surface area contributed by atoms with Crippen molar-refractivity contribution < 1.29 is 19.2 Å². The van der Waals surface area contributed by atoms with Gasteiger partial charge in [0.25, 0.3) is 11.6 Å². The van der Waals surface area contributed by atoms with E-state index in [4.69, 9.17) is 10.00 Å². The van der Waals surface area contributed by atoms with Gasteiger partial charge in [0.1, 0.15) is 11.4 Å². The predicted octanol–water partition coefficient (Wildman–Crippen LogP) is 3.52. The molecule has 0 radical (unpaired) electrons. The van der Waals surface area contributed by atoms with Crippen LogP contribution in [-0.2, 0) is 9.53 Å². The number of fused-ring (bicyclic) bond motifs is 1. The summed E-state index contributed by atoms with van der Waals surface area (Å²) in [5.41, 5.74) is 0.453. The second kappa shape index (κ2) is 8.28. The Morgan fingerprint density at radius 1 is 1.18 bits per heavy atom. The smallest absolute Gasteiger partial charge is 0.348 e. The molecule has 0 spiro atoms. The minimum absolute atomic E-state index is 0.0737. The molecule has 0 bridgehead atoms. The molecule has 0 saturated heterocycles. The summed E-state index contributed by atoms with van der Waals surface area (Å²) in [6.07, 6.45) is 0. The monoisotopic (exact) mass is 395 g/mol. The zero-order valence-corrected chi connectivity index (χ0v) is 15.2. The first-order valence-electron chi connectivity index (χ1n) is 8.07. The first-order chi connectivity index (χ1) is 13.5. The number of esters is 1. The molecule has 28 heavy (non-hydrogen) atoms. The van der Waals surface area contributed by atoms with Crippen molar-refractivity contribution in [2.45, 2.75) is 0 Å². The van der Waals surface area contributed by atoms with E-state index in [0.29, 0.717) is 15.8 Å². The van der Waals surface area contributed by atoms with Gasteiger partial charge >= 0.3 is 5.97 Å². The predicted molar refractivity (Wildman–Crippen MR) is 103 cm³/mol. The lowest BCUT2D eigenvalue weighted by Crippen LogP contribution is -2.35. The number of carbonyl (C=O) groups is 2. The third kappa shape index (κ3) is 4.13. The standard InChI is InChI=1S/C19H13N3O5S/c20-8-9-21(14-4-2-1-3-5-14)18(23)12-27-19(24)17-11-13-10-15(22(25)26)6-7-16(13)28-17/h1-7,10-11H,9,12H2. The van der Waals surface area contributed by atoms with Crippen LogP contribution < -0.4 is 4.90 Å². The number of nitro benzene ring substituents is 1. The fourth-order valence-electron chi connectivity index (χ4n) is 2.52. The van der Waals surface area contributed by atoms with Gasteiger partial charge in [0.15, 0.2) is 6.61 Å².